The van der Waals surface area contributed by atoms with Gasteiger partial charge in [0.1, 0.15) is 5.75 Å². The largest absolute Gasteiger partial charge is 0.495 e. The van der Waals surface area contributed by atoms with Crippen molar-refractivity contribution in [3.8, 4) is 5.75 Å². The number of halogens is 1. The summed E-state index contributed by atoms with van der Waals surface area (Å²) in [4.78, 5) is 6.05. The van der Waals surface area contributed by atoms with E-state index in [4.69, 9.17) is 16.3 Å². The molecule has 4 aromatic rings. The SMILES string of the molecule is COc1ccccc1N1CCN([C@H](c2ccc(Cl)cc2)c2nnnn2Cc2cccs2)CC1. The lowest BCUT2D eigenvalue weighted by molar-refractivity contribution is 0.201. The maximum absolute atomic E-state index is 6.19. The standard InChI is InChI=1S/C24H25ClN6OS/c1-32-22-7-3-2-6-21(22)29-12-14-30(15-13-29)23(18-8-10-19(25)11-9-18)24-26-27-28-31(24)17-20-5-4-16-33-20/h2-11,16,23H,12-15,17H2,1H3/t23-/m1/s1. The van der Waals surface area contributed by atoms with Gasteiger partial charge < -0.3 is 9.64 Å². The Kier molecular flexibility index (Phi) is 6.57. The highest BCUT2D eigenvalue weighted by molar-refractivity contribution is 7.09. The van der Waals surface area contributed by atoms with E-state index in [1.807, 2.05) is 28.9 Å². The van der Waals surface area contributed by atoms with Crippen molar-refractivity contribution in [2.45, 2.75) is 12.6 Å². The fraction of sp³-hybridized carbons (Fsp3) is 0.292. The fourth-order valence-electron chi connectivity index (χ4n) is 4.35. The molecule has 1 saturated heterocycles. The Labute approximate surface area is 202 Å². The quantitative estimate of drug-likeness (QED) is 0.392. The average molecular weight is 481 g/mol. The summed E-state index contributed by atoms with van der Waals surface area (Å²) in [6.45, 7) is 4.17. The Bertz CT molecular complexity index is 1170. The number of rotatable bonds is 7. The summed E-state index contributed by atoms with van der Waals surface area (Å²) >= 11 is 7.90. The molecular formula is C24H25ClN6OS. The van der Waals surface area contributed by atoms with Crippen LogP contribution in [0.15, 0.2) is 66.0 Å². The van der Waals surface area contributed by atoms with Gasteiger partial charge >= 0.3 is 0 Å². The monoisotopic (exact) mass is 480 g/mol. The highest BCUT2D eigenvalue weighted by Gasteiger charge is 2.31. The van der Waals surface area contributed by atoms with Crippen LogP contribution in [-0.4, -0.2) is 58.4 Å². The summed E-state index contributed by atoms with van der Waals surface area (Å²) in [6, 6.07) is 20.3. The van der Waals surface area contributed by atoms with E-state index in [2.05, 4.69) is 67.1 Å². The van der Waals surface area contributed by atoms with Crippen molar-refractivity contribution in [2.75, 3.05) is 38.2 Å². The zero-order chi connectivity index (χ0) is 22.6. The minimum absolute atomic E-state index is 0.0583. The van der Waals surface area contributed by atoms with Gasteiger partial charge in [0.25, 0.3) is 0 Å². The normalized spacial score (nSPS) is 15.5. The zero-order valence-corrected chi connectivity index (χ0v) is 19.9. The molecule has 0 amide bonds. The van der Waals surface area contributed by atoms with Crippen molar-refractivity contribution in [1.29, 1.82) is 0 Å². The van der Waals surface area contributed by atoms with Gasteiger partial charge in [-0.2, -0.15) is 0 Å². The van der Waals surface area contributed by atoms with Crippen molar-refractivity contribution in [2.24, 2.45) is 0 Å². The molecule has 0 radical (unpaired) electrons. The Balaban J connectivity index is 1.42. The number of tetrazole rings is 1. The Morgan fingerprint density at radius 1 is 1.00 bits per heavy atom. The number of aromatic nitrogens is 4. The van der Waals surface area contributed by atoms with Crippen LogP contribution in [0, 0.1) is 0 Å². The average Bonchev–Trinajstić information content (AvgIpc) is 3.54. The first kappa shape index (κ1) is 21.9. The maximum atomic E-state index is 6.19. The molecule has 1 aliphatic heterocycles. The minimum Gasteiger partial charge on any atom is -0.495 e. The summed E-state index contributed by atoms with van der Waals surface area (Å²) in [5, 5.41) is 15.6. The van der Waals surface area contributed by atoms with Crippen LogP contribution < -0.4 is 9.64 Å². The topological polar surface area (TPSA) is 59.3 Å². The van der Waals surface area contributed by atoms with Crippen molar-refractivity contribution >= 4 is 28.6 Å². The first-order chi connectivity index (χ1) is 16.2. The number of piperazine rings is 1. The number of hydrogen-bond acceptors (Lipinski definition) is 7. The molecular weight excluding hydrogens is 456 g/mol. The molecule has 9 heteroatoms. The van der Waals surface area contributed by atoms with Gasteiger partial charge in [-0.25, -0.2) is 4.68 Å². The molecule has 0 N–H and O–H groups in total. The van der Waals surface area contributed by atoms with Crippen LogP contribution >= 0.6 is 22.9 Å². The number of ether oxygens (including phenoxy) is 1. The molecule has 0 unspecified atom stereocenters. The van der Waals surface area contributed by atoms with E-state index in [-0.39, 0.29) is 6.04 Å². The summed E-state index contributed by atoms with van der Waals surface area (Å²) in [7, 11) is 1.72. The number of benzene rings is 2. The van der Waals surface area contributed by atoms with E-state index in [0.29, 0.717) is 6.54 Å². The predicted molar refractivity (Wildman–Crippen MR) is 131 cm³/mol. The zero-order valence-electron chi connectivity index (χ0n) is 18.3. The van der Waals surface area contributed by atoms with Crippen LogP contribution in [0.25, 0.3) is 0 Å². The van der Waals surface area contributed by atoms with Crippen LogP contribution in [-0.2, 0) is 6.54 Å². The third-order valence-corrected chi connectivity index (χ3v) is 7.09. The molecule has 7 nitrogen and oxygen atoms in total. The number of methoxy groups -OCH3 is 1. The van der Waals surface area contributed by atoms with E-state index in [0.717, 1.165) is 54.0 Å². The lowest BCUT2D eigenvalue weighted by Crippen LogP contribution is -2.48. The van der Waals surface area contributed by atoms with Gasteiger partial charge in [-0.05, 0) is 51.7 Å². The van der Waals surface area contributed by atoms with E-state index in [9.17, 15) is 0 Å². The second-order valence-electron chi connectivity index (χ2n) is 7.92. The molecule has 3 heterocycles. The first-order valence-corrected chi connectivity index (χ1v) is 12.1. The number of hydrogen-bond donors (Lipinski definition) is 0. The molecule has 1 fully saturated rings. The Morgan fingerprint density at radius 2 is 1.79 bits per heavy atom. The molecule has 2 aromatic carbocycles. The molecule has 170 valence electrons. The molecule has 0 saturated carbocycles. The van der Waals surface area contributed by atoms with Gasteiger partial charge in [-0.3, -0.25) is 4.90 Å². The van der Waals surface area contributed by atoms with E-state index in [1.54, 1.807) is 18.4 Å². The minimum atomic E-state index is -0.0583. The maximum Gasteiger partial charge on any atom is 0.173 e. The highest BCUT2D eigenvalue weighted by atomic mass is 35.5. The molecule has 2 aromatic heterocycles. The number of thiophene rings is 1. The number of anilines is 1. The van der Waals surface area contributed by atoms with Crippen LogP contribution in [0.4, 0.5) is 5.69 Å². The van der Waals surface area contributed by atoms with Gasteiger partial charge in [0.15, 0.2) is 5.82 Å². The summed E-state index contributed by atoms with van der Waals surface area (Å²) < 4.78 is 7.50. The summed E-state index contributed by atoms with van der Waals surface area (Å²) in [5.74, 6) is 1.75. The van der Waals surface area contributed by atoms with Gasteiger partial charge in [0.2, 0.25) is 0 Å². The van der Waals surface area contributed by atoms with Crippen LogP contribution in [0.5, 0.6) is 5.75 Å². The second-order valence-corrected chi connectivity index (χ2v) is 9.39. The predicted octanol–water partition coefficient (Wildman–Crippen LogP) is 4.36. The molecule has 0 aliphatic carbocycles. The van der Waals surface area contributed by atoms with Crippen LogP contribution in [0.1, 0.15) is 22.3 Å². The lowest BCUT2D eigenvalue weighted by atomic mass is 10.0. The van der Waals surface area contributed by atoms with E-state index >= 15 is 0 Å². The molecule has 0 spiro atoms. The van der Waals surface area contributed by atoms with Gasteiger partial charge in [0.05, 0.1) is 25.4 Å². The Morgan fingerprint density at radius 3 is 2.52 bits per heavy atom. The smallest absolute Gasteiger partial charge is 0.173 e. The Hall–Kier alpha value is -2.94. The molecule has 0 bridgehead atoms. The summed E-state index contributed by atoms with van der Waals surface area (Å²) in [5.41, 5.74) is 2.26. The molecule has 33 heavy (non-hydrogen) atoms. The van der Waals surface area contributed by atoms with E-state index in [1.165, 1.54) is 4.88 Å². The van der Waals surface area contributed by atoms with Crippen molar-refractivity contribution in [3.05, 3.63) is 87.3 Å². The van der Waals surface area contributed by atoms with Gasteiger partial charge in [-0.15, -0.1) is 16.4 Å². The third kappa shape index (κ3) is 4.73. The van der Waals surface area contributed by atoms with Gasteiger partial charge in [-0.1, -0.05) is 41.9 Å². The van der Waals surface area contributed by atoms with E-state index < -0.39 is 0 Å². The molecule has 5 rings (SSSR count). The highest BCUT2D eigenvalue weighted by Crippen LogP contribution is 2.33. The second kappa shape index (κ2) is 9.91. The van der Waals surface area contributed by atoms with Gasteiger partial charge in [0, 0.05) is 36.1 Å². The molecule has 1 aliphatic rings. The van der Waals surface area contributed by atoms with Crippen molar-refractivity contribution in [1.82, 2.24) is 25.1 Å². The fourth-order valence-corrected chi connectivity index (χ4v) is 5.16. The molecule has 1 atom stereocenters. The summed E-state index contributed by atoms with van der Waals surface area (Å²) in [6.07, 6.45) is 0. The van der Waals surface area contributed by atoms with Crippen molar-refractivity contribution in [3.63, 3.8) is 0 Å². The third-order valence-electron chi connectivity index (χ3n) is 5.98. The lowest BCUT2D eigenvalue weighted by Gasteiger charge is -2.40. The first-order valence-electron chi connectivity index (χ1n) is 10.9. The number of para-hydroxylation sites is 2. The van der Waals surface area contributed by atoms with Crippen LogP contribution in [0.3, 0.4) is 0 Å². The van der Waals surface area contributed by atoms with Crippen molar-refractivity contribution < 1.29 is 4.74 Å². The van der Waals surface area contributed by atoms with Crippen LogP contribution in [0.2, 0.25) is 5.02 Å². The number of nitrogens with zero attached hydrogens (tertiary/aromatic N) is 6.